The molecule has 0 bridgehead atoms. The van der Waals surface area contributed by atoms with E-state index in [4.69, 9.17) is 37.9 Å². The Balaban J connectivity index is 1.24. The molecule has 0 spiro atoms. The summed E-state index contributed by atoms with van der Waals surface area (Å²) in [6.07, 6.45) is 4.84. The fraction of sp³-hybridized carbons (Fsp3) is 0.518. The summed E-state index contributed by atoms with van der Waals surface area (Å²) < 4.78 is 54.1. The van der Waals surface area contributed by atoms with Crippen molar-refractivity contribution < 1.29 is 47.8 Å². The Kier molecular flexibility index (Phi) is 18.5. The molecular weight excluding hydrogens is 897 g/mol. The van der Waals surface area contributed by atoms with Gasteiger partial charge in [-0.1, -0.05) is 140 Å². The molecule has 3 saturated heterocycles. The topological polar surface area (TPSA) is 111 Å². The van der Waals surface area contributed by atoms with Crippen molar-refractivity contribution in [3.05, 3.63) is 150 Å². The zero-order chi connectivity index (χ0) is 48.1. The molecule has 3 aliphatic heterocycles. The van der Waals surface area contributed by atoms with E-state index >= 15 is 0 Å². The van der Waals surface area contributed by atoms with E-state index in [9.17, 15) is 9.90 Å². The number of benzene rings is 4. The van der Waals surface area contributed by atoms with Crippen molar-refractivity contribution in [1.82, 2.24) is 0 Å². The summed E-state index contributed by atoms with van der Waals surface area (Å²) in [6.45, 7) is 12.2. The summed E-state index contributed by atoms with van der Waals surface area (Å²) in [5.74, 6) is -0.824. The monoisotopic (exact) mass is 968 g/mol. The maximum atomic E-state index is 13.5. The highest BCUT2D eigenvalue weighted by atomic mass is 32.2. The minimum Gasteiger partial charge on any atom is -0.462 e. The third-order valence-corrected chi connectivity index (χ3v) is 16.5. The Bertz CT molecular complexity index is 2150. The van der Waals surface area contributed by atoms with Crippen LogP contribution in [0.3, 0.4) is 0 Å². The van der Waals surface area contributed by atoms with E-state index in [1.54, 1.807) is 23.5 Å². The predicted molar refractivity (Wildman–Crippen MR) is 271 cm³/mol. The van der Waals surface area contributed by atoms with Crippen LogP contribution in [0.15, 0.2) is 127 Å². The second-order valence-electron chi connectivity index (χ2n) is 19.3. The van der Waals surface area contributed by atoms with Gasteiger partial charge in [0, 0.05) is 6.92 Å². The molecule has 1 N–H and O–H groups in total. The molecule has 12 heteroatoms. The molecule has 68 heavy (non-hydrogen) atoms. The van der Waals surface area contributed by atoms with Gasteiger partial charge in [-0.2, -0.15) is 0 Å². The van der Waals surface area contributed by atoms with Gasteiger partial charge in [0.25, 0.3) is 0 Å². The average Bonchev–Trinajstić information content (AvgIpc) is 3.78. The number of esters is 1. The number of aliphatic hydroxyl groups excluding tert-OH is 1. The summed E-state index contributed by atoms with van der Waals surface area (Å²) in [7, 11) is 0. The molecule has 0 amide bonds. The molecule has 0 aliphatic carbocycles. The second kappa shape index (κ2) is 24.1. The highest BCUT2D eigenvalue weighted by Gasteiger charge is 2.75. The van der Waals surface area contributed by atoms with Gasteiger partial charge in [0.05, 0.1) is 43.7 Å². The number of carbonyl (C=O) groups is 1. The van der Waals surface area contributed by atoms with E-state index in [0.717, 1.165) is 46.6 Å². The molecule has 7 rings (SSSR count). The molecule has 0 unspecified atom stereocenters. The first-order chi connectivity index (χ1) is 32.7. The van der Waals surface area contributed by atoms with Crippen LogP contribution in [-0.2, 0) is 62.5 Å². The van der Waals surface area contributed by atoms with Gasteiger partial charge in [-0.25, -0.2) is 0 Å². The molecule has 3 heterocycles. The summed E-state index contributed by atoms with van der Waals surface area (Å²) >= 11 is 3.54. The number of hydrogen-bond donors (Lipinski definition) is 1. The van der Waals surface area contributed by atoms with Crippen LogP contribution in [0.4, 0.5) is 0 Å². The Labute approximate surface area is 413 Å². The minimum absolute atomic E-state index is 0.00992. The van der Waals surface area contributed by atoms with E-state index in [1.807, 2.05) is 137 Å². The molecule has 0 radical (unpaired) electrons. The highest BCUT2D eigenvalue weighted by molar-refractivity contribution is 8.18. The van der Waals surface area contributed by atoms with Crippen molar-refractivity contribution in [2.24, 2.45) is 5.92 Å². The first-order valence-electron chi connectivity index (χ1n) is 24.2. The predicted octanol–water partition coefficient (Wildman–Crippen LogP) is 11.2. The first-order valence-corrected chi connectivity index (χ1v) is 26.2. The normalized spacial score (nSPS) is 25.5. The van der Waals surface area contributed by atoms with E-state index in [2.05, 4.69) is 31.2 Å². The zero-order valence-electron chi connectivity index (χ0n) is 40.7. The number of hydrogen-bond acceptors (Lipinski definition) is 12. The quantitative estimate of drug-likeness (QED) is 0.0675. The molecule has 368 valence electrons. The number of carbonyl (C=O) groups excluding carboxylic acids is 1. The summed E-state index contributed by atoms with van der Waals surface area (Å²) in [6, 6.07) is 40.3. The standard InChI is InChI=1S/C56H72O10S2/c1-42(22-19-31-44-23-11-7-12-24-44)48(62-43(2)57)32-20-33-56(67-34-21-35-68-56)50(58)51-55(66-53(5,6)64-51,41-61-38-47-29-17-10-18-30-47)54(40-60-37-46-27-15-9-16-28-46)49(63-52(3,4)65-54)39-59-36-45-25-13-8-14-26-45/h7-19,23-31,42,48-51,58H,20-22,32-41H2,1-6H3/b31-19+/t42-,48-,49-,50-,51-,54-,55-/m1/s1. The van der Waals surface area contributed by atoms with Crippen molar-refractivity contribution in [3.8, 4) is 0 Å². The maximum Gasteiger partial charge on any atom is 0.302 e. The molecule has 10 nitrogen and oxygen atoms in total. The summed E-state index contributed by atoms with van der Waals surface area (Å²) in [5, 5.41) is 13.5. The van der Waals surface area contributed by atoms with Crippen LogP contribution in [0.25, 0.3) is 6.08 Å². The van der Waals surface area contributed by atoms with Crippen molar-refractivity contribution in [3.63, 3.8) is 0 Å². The molecule has 3 aliphatic rings. The third-order valence-electron chi connectivity index (χ3n) is 12.9. The van der Waals surface area contributed by atoms with E-state index in [-0.39, 0.29) is 44.4 Å². The van der Waals surface area contributed by atoms with E-state index in [1.165, 1.54) is 6.92 Å². The van der Waals surface area contributed by atoms with Crippen LogP contribution in [0.5, 0.6) is 0 Å². The molecule has 0 aromatic heterocycles. The van der Waals surface area contributed by atoms with Crippen molar-refractivity contribution in [2.75, 3.05) is 31.3 Å². The van der Waals surface area contributed by atoms with Gasteiger partial charge >= 0.3 is 5.97 Å². The molecule has 7 atom stereocenters. The van der Waals surface area contributed by atoms with E-state index in [0.29, 0.717) is 32.5 Å². The lowest BCUT2D eigenvalue weighted by atomic mass is 9.73. The summed E-state index contributed by atoms with van der Waals surface area (Å²) in [4.78, 5) is 12.5. The van der Waals surface area contributed by atoms with Gasteiger partial charge in [-0.3, -0.25) is 4.79 Å². The molecule has 0 saturated carbocycles. The fourth-order valence-electron chi connectivity index (χ4n) is 9.83. The Morgan fingerprint density at radius 3 is 1.78 bits per heavy atom. The molecule has 4 aromatic carbocycles. The second-order valence-corrected chi connectivity index (χ2v) is 22.4. The van der Waals surface area contributed by atoms with Gasteiger partial charge in [-0.05, 0) is 99.5 Å². The fourth-order valence-corrected chi connectivity index (χ4v) is 13.3. The number of aliphatic hydroxyl groups is 1. The highest BCUT2D eigenvalue weighted by Crippen LogP contribution is 2.58. The number of rotatable bonds is 24. The van der Waals surface area contributed by atoms with Crippen LogP contribution in [-0.4, -0.2) is 93.7 Å². The van der Waals surface area contributed by atoms with Crippen molar-refractivity contribution in [2.45, 2.75) is 145 Å². The molecular formula is C56H72O10S2. The van der Waals surface area contributed by atoms with Crippen molar-refractivity contribution in [1.29, 1.82) is 0 Å². The van der Waals surface area contributed by atoms with Gasteiger partial charge in [-0.15, -0.1) is 23.5 Å². The summed E-state index contributed by atoms with van der Waals surface area (Å²) in [5.41, 5.74) is 1.18. The van der Waals surface area contributed by atoms with Crippen LogP contribution in [0.2, 0.25) is 0 Å². The average molecular weight is 969 g/mol. The van der Waals surface area contributed by atoms with E-state index < -0.39 is 45.2 Å². The Morgan fingerprint density at radius 2 is 1.22 bits per heavy atom. The lowest BCUT2D eigenvalue weighted by Crippen LogP contribution is -2.73. The largest absolute Gasteiger partial charge is 0.462 e. The number of allylic oxidation sites excluding steroid dienone is 1. The SMILES string of the molecule is CC(=O)O[C@H](CCCC1([C@H](O)[C@H]2OC(C)(C)O[C@@]2(COCc2ccccc2)[C@]2(COCc3ccccc3)OC(C)(C)O[C@@H]2COCc2ccccc2)SCCCS1)[C@H](C)C/C=C/c1ccccc1. The van der Waals surface area contributed by atoms with Gasteiger partial charge in [0.2, 0.25) is 0 Å². The first kappa shape index (κ1) is 52.3. The maximum absolute atomic E-state index is 13.5. The van der Waals surface area contributed by atoms with Crippen LogP contribution in [0, 0.1) is 5.92 Å². The van der Waals surface area contributed by atoms with Gasteiger partial charge in [0.1, 0.15) is 24.4 Å². The minimum atomic E-state index is -1.51. The van der Waals surface area contributed by atoms with Gasteiger partial charge < -0.3 is 43.0 Å². The zero-order valence-corrected chi connectivity index (χ0v) is 42.4. The third kappa shape index (κ3) is 13.5. The Hall–Kier alpha value is -3.53. The van der Waals surface area contributed by atoms with Crippen LogP contribution < -0.4 is 0 Å². The smallest absolute Gasteiger partial charge is 0.302 e. The lowest BCUT2D eigenvalue weighted by molar-refractivity contribution is -0.275. The number of ether oxygens (including phenoxy) is 8. The van der Waals surface area contributed by atoms with Gasteiger partial charge in [0.15, 0.2) is 22.8 Å². The van der Waals surface area contributed by atoms with Crippen molar-refractivity contribution >= 4 is 35.6 Å². The van der Waals surface area contributed by atoms with Crippen LogP contribution >= 0.6 is 23.5 Å². The molecule has 3 fully saturated rings. The van der Waals surface area contributed by atoms with Crippen LogP contribution in [0.1, 0.15) is 95.9 Å². The Morgan fingerprint density at radius 1 is 0.721 bits per heavy atom. The lowest BCUT2D eigenvalue weighted by Gasteiger charge is -2.52. The molecule has 4 aromatic rings. The number of thioether (sulfide) groups is 2.